The van der Waals surface area contributed by atoms with Crippen molar-refractivity contribution in [2.45, 2.75) is 18.6 Å². The van der Waals surface area contributed by atoms with Crippen LogP contribution in [0.2, 0.25) is 0 Å². The molecule has 0 radical (unpaired) electrons. The molecule has 3 aliphatic heterocycles. The van der Waals surface area contributed by atoms with Gasteiger partial charge in [-0.3, -0.25) is 0 Å². The Morgan fingerprint density at radius 1 is 1.00 bits per heavy atom. The molecular formula is C17H16O4. The maximum absolute atomic E-state index is 5.98. The molecule has 108 valence electrons. The van der Waals surface area contributed by atoms with Gasteiger partial charge in [0.05, 0.1) is 12.5 Å². The first-order valence-corrected chi connectivity index (χ1v) is 6.74. The fourth-order valence-corrected chi connectivity index (χ4v) is 2.10. The molecule has 4 nitrogen and oxygen atoms in total. The lowest BCUT2D eigenvalue weighted by molar-refractivity contribution is 0.0703. The molecule has 0 saturated heterocycles. The average molecular weight is 284 g/mol. The van der Waals surface area contributed by atoms with Gasteiger partial charge in [0.15, 0.2) is 23.7 Å². The quantitative estimate of drug-likeness (QED) is 0.739. The largest absolute Gasteiger partial charge is 0.486 e. The Morgan fingerprint density at radius 3 is 2.33 bits per heavy atom. The van der Waals surface area contributed by atoms with E-state index in [0.717, 1.165) is 0 Å². The average Bonchev–Trinajstić information content (AvgIpc) is 2.57. The summed E-state index contributed by atoms with van der Waals surface area (Å²) in [6, 6.07) is 0. The fourth-order valence-electron chi connectivity index (χ4n) is 2.10. The van der Waals surface area contributed by atoms with Gasteiger partial charge in [-0.05, 0) is 24.3 Å². The van der Waals surface area contributed by atoms with Crippen molar-refractivity contribution >= 4 is 0 Å². The molecule has 21 heavy (non-hydrogen) atoms. The van der Waals surface area contributed by atoms with Gasteiger partial charge >= 0.3 is 0 Å². The van der Waals surface area contributed by atoms with Crippen molar-refractivity contribution in [1.82, 2.24) is 0 Å². The summed E-state index contributed by atoms with van der Waals surface area (Å²) in [4.78, 5) is 0. The molecule has 0 aromatic heterocycles. The van der Waals surface area contributed by atoms with E-state index in [1.165, 1.54) is 0 Å². The van der Waals surface area contributed by atoms with Crippen molar-refractivity contribution in [3.05, 3.63) is 85.2 Å². The Bertz CT molecular complexity index is 590. The van der Waals surface area contributed by atoms with E-state index in [0.29, 0.717) is 23.7 Å². The molecule has 0 aliphatic carbocycles. The Balaban J connectivity index is 1.80. The predicted octanol–water partition coefficient (Wildman–Crippen LogP) is 3.60. The van der Waals surface area contributed by atoms with Gasteiger partial charge in [0.25, 0.3) is 0 Å². The van der Waals surface area contributed by atoms with Crippen molar-refractivity contribution < 1.29 is 18.9 Å². The lowest BCUT2D eigenvalue weighted by atomic mass is 10.1. The van der Waals surface area contributed by atoms with E-state index in [4.69, 9.17) is 18.9 Å². The zero-order valence-electron chi connectivity index (χ0n) is 11.5. The summed E-state index contributed by atoms with van der Waals surface area (Å²) in [5, 5.41) is 0. The van der Waals surface area contributed by atoms with Crippen molar-refractivity contribution in [3.63, 3.8) is 0 Å². The van der Waals surface area contributed by atoms with Gasteiger partial charge in [0.1, 0.15) is 12.0 Å². The normalized spacial score (nSPS) is 26.4. The van der Waals surface area contributed by atoms with Crippen molar-refractivity contribution in [1.29, 1.82) is 0 Å². The van der Waals surface area contributed by atoms with Gasteiger partial charge in [-0.2, -0.15) is 0 Å². The second kappa shape index (κ2) is 6.22. The first-order chi connectivity index (χ1) is 10.4. The predicted molar refractivity (Wildman–Crippen MR) is 78.4 cm³/mol. The first-order valence-electron chi connectivity index (χ1n) is 6.74. The van der Waals surface area contributed by atoms with Crippen molar-refractivity contribution in [2.24, 2.45) is 0 Å². The van der Waals surface area contributed by atoms with Crippen LogP contribution in [0.15, 0.2) is 85.2 Å². The molecule has 2 atom stereocenters. The Labute approximate surface area is 123 Å². The molecule has 3 rings (SSSR count). The van der Waals surface area contributed by atoms with E-state index in [9.17, 15) is 0 Å². The van der Waals surface area contributed by atoms with Gasteiger partial charge in [-0.25, -0.2) is 0 Å². The lowest BCUT2D eigenvalue weighted by Crippen LogP contribution is -2.24. The Kier molecular flexibility index (Phi) is 3.96. The molecule has 0 spiro atoms. The van der Waals surface area contributed by atoms with E-state index < -0.39 is 0 Å². The van der Waals surface area contributed by atoms with Crippen LogP contribution in [-0.2, 0) is 18.9 Å². The van der Waals surface area contributed by atoms with Crippen LogP contribution in [-0.4, -0.2) is 12.2 Å². The van der Waals surface area contributed by atoms with Crippen LogP contribution in [0.1, 0.15) is 6.42 Å². The summed E-state index contributed by atoms with van der Waals surface area (Å²) in [6.45, 7) is 3.74. The van der Waals surface area contributed by atoms with E-state index in [1.807, 2.05) is 36.5 Å². The maximum atomic E-state index is 5.98. The monoisotopic (exact) mass is 284 g/mol. The zero-order chi connectivity index (χ0) is 14.5. The fraction of sp³-hybridized carbons (Fsp3) is 0.176. The number of rotatable bonds is 4. The number of ether oxygens (including phenoxy) is 4. The lowest BCUT2D eigenvalue weighted by Gasteiger charge is -2.28. The summed E-state index contributed by atoms with van der Waals surface area (Å²) in [7, 11) is 0. The minimum Gasteiger partial charge on any atom is -0.486 e. The third-order valence-corrected chi connectivity index (χ3v) is 3.09. The maximum Gasteiger partial charge on any atom is 0.187 e. The molecule has 2 unspecified atom stereocenters. The summed E-state index contributed by atoms with van der Waals surface area (Å²) < 4.78 is 22.7. The zero-order valence-corrected chi connectivity index (χ0v) is 11.5. The molecule has 3 heterocycles. The highest BCUT2D eigenvalue weighted by molar-refractivity contribution is 5.27. The van der Waals surface area contributed by atoms with Gasteiger partial charge in [0.2, 0.25) is 0 Å². The van der Waals surface area contributed by atoms with Gasteiger partial charge in [-0.1, -0.05) is 18.2 Å². The molecular weight excluding hydrogens is 268 g/mol. The molecule has 0 bridgehead atoms. The number of allylic oxidation sites excluding steroid dienone is 5. The van der Waals surface area contributed by atoms with Crippen LogP contribution < -0.4 is 0 Å². The molecule has 0 aromatic rings. The summed E-state index contributed by atoms with van der Waals surface area (Å²) >= 11 is 0. The molecule has 0 aromatic carbocycles. The SMILES string of the molecule is C=CCC1=C(C2C=CC=CO2)OC(C2C=CC=CO2)=CO1. The number of hydrogen-bond donors (Lipinski definition) is 0. The summed E-state index contributed by atoms with van der Waals surface area (Å²) in [5.41, 5.74) is 0. The van der Waals surface area contributed by atoms with E-state index in [1.54, 1.807) is 24.9 Å². The van der Waals surface area contributed by atoms with Crippen molar-refractivity contribution in [3.8, 4) is 0 Å². The van der Waals surface area contributed by atoms with Crippen molar-refractivity contribution in [2.75, 3.05) is 0 Å². The molecule has 3 aliphatic rings. The van der Waals surface area contributed by atoms with Crippen LogP contribution in [0, 0.1) is 0 Å². The highest BCUT2D eigenvalue weighted by Gasteiger charge is 2.29. The van der Waals surface area contributed by atoms with E-state index in [2.05, 4.69) is 6.58 Å². The number of hydrogen-bond acceptors (Lipinski definition) is 4. The molecule has 4 heteroatoms. The van der Waals surface area contributed by atoms with Crippen LogP contribution in [0.4, 0.5) is 0 Å². The third kappa shape index (κ3) is 2.94. The topological polar surface area (TPSA) is 36.9 Å². The molecule has 0 saturated carbocycles. The van der Waals surface area contributed by atoms with Gasteiger partial charge < -0.3 is 18.9 Å². The van der Waals surface area contributed by atoms with Crippen LogP contribution in [0.3, 0.4) is 0 Å². The minimum atomic E-state index is -0.309. The second-order valence-corrected chi connectivity index (χ2v) is 4.56. The minimum absolute atomic E-state index is 0.293. The first kappa shape index (κ1) is 13.4. The van der Waals surface area contributed by atoms with Gasteiger partial charge in [0, 0.05) is 6.42 Å². The summed E-state index contributed by atoms with van der Waals surface area (Å²) in [6.07, 6.45) is 17.8. The van der Waals surface area contributed by atoms with Crippen LogP contribution in [0.5, 0.6) is 0 Å². The van der Waals surface area contributed by atoms with E-state index >= 15 is 0 Å². The third-order valence-electron chi connectivity index (χ3n) is 3.09. The van der Waals surface area contributed by atoms with E-state index in [-0.39, 0.29) is 12.2 Å². The van der Waals surface area contributed by atoms with Crippen LogP contribution in [0.25, 0.3) is 0 Å². The second-order valence-electron chi connectivity index (χ2n) is 4.56. The Hall–Kier alpha value is -2.62. The summed E-state index contributed by atoms with van der Waals surface area (Å²) in [5.74, 6) is 1.90. The Morgan fingerprint density at radius 2 is 1.71 bits per heavy atom. The molecule has 0 fully saturated rings. The highest BCUT2D eigenvalue weighted by Crippen LogP contribution is 2.30. The van der Waals surface area contributed by atoms with Crippen LogP contribution >= 0.6 is 0 Å². The highest BCUT2D eigenvalue weighted by atomic mass is 16.6. The smallest absolute Gasteiger partial charge is 0.187 e. The standard InChI is InChI=1S/C17H16O4/c1-2-7-14-17(15-9-4-6-11-19-15)21-16(12-20-14)13-8-3-5-10-18-13/h2-6,8-13,15H,1,7H2. The van der Waals surface area contributed by atoms with Gasteiger partial charge in [-0.15, -0.1) is 6.58 Å². The molecule has 0 N–H and O–H groups in total. The molecule has 0 amide bonds.